The van der Waals surface area contributed by atoms with Gasteiger partial charge < -0.3 is 5.73 Å². The van der Waals surface area contributed by atoms with E-state index in [0.29, 0.717) is 0 Å². The Morgan fingerprint density at radius 3 is 2.53 bits per heavy atom. The molecule has 0 bridgehead atoms. The quantitative estimate of drug-likeness (QED) is 0.835. The average Bonchev–Trinajstić information content (AvgIpc) is 3.06. The molecule has 0 aliphatic heterocycles. The lowest BCUT2D eigenvalue weighted by atomic mass is 10.0. The van der Waals surface area contributed by atoms with Crippen LogP contribution in [0.1, 0.15) is 24.8 Å². The number of hydrogen-bond donors (Lipinski definition) is 1. The van der Waals surface area contributed by atoms with Crippen molar-refractivity contribution in [2.45, 2.75) is 31.2 Å². The number of hydrogen-bond acceptors (Lipinski definition) is 1. The van der Waals surface area contributed by atoms with Crippen LogP contribution < -0.4 is 5.73 Å². The van der Waals surface area contributed by atoms with E-state index in [1.165, 1.54) is 24.8 Å². The average molecular weight is 222 g/mol. The highest BCUT2D eigenvalue weighted by Crippen LogP contribution is 2.56. The van der Waals surface area contributed by atoms with Gasteiger partial charge in [0.2, 0.25) is 0 Å². The zero-order chi connectivity index (χ0) is 10.5. The summed E-state index contributed by atoms with van der Waals surface area (Å²) in [4.78, 5) is 0. The summed E-state index contributed by atoms with van der Waals surface area (Å²) < 4.78 is 0. The summed E-state index contributed by atoms with van der Waals surface area (Å²) in [5, 5.41) is 0.805. The predicted octanol–water partition coefficient (Wildman–Crippen LogP) is 3.01. The smallest absolute Gasteiger partial charge is 0.0406 e. The van der Waals surface area contributed by atoms with Gasteiger partial charge in [0.15, 0.2) is 0 Å². The second kappa shape index (κ2) is 3.23. The molecule has 0 aromatic heterocycles. The molecule has 2 heteroatoms. The molecule has 0 radical (unpaired) electrons. The van der Waals surface area contributed by atoms with Crippen LogP contribution in [0.25, 0.3) is 0 Å². The van der Waals surface area contributed by atoms with Crippen LogP contribution in [0.15, 0.2) is 24.3 Å². The van der Waals surface area contributed by atoms with Gasteiger partial charge in [-0.15, -0.1) is 0 Å². The van der Waals surface area contributed by atoms with E-state index in [9.17, 15) is 0 Å². The first-order valence-corrected chi connectivity index (χ1v) is 6.08. The van der Waals surface area contributed by atoms with Gasteiger partial charge >= 0.3 is 0 Å². The fourth-order valence-electron chi connectivity index (χ4n) is 2.67. The number of benzene rings is 1. The highest BCUT2D eigenvalue weighted by molar-refractivity contribution is 6.30. The Labute approximate surface area is 95.6 Å². The van der Waals surface area contributed by atoms with Crippen LogP contribution >= 0.6 is 11.6 Å². The van der Waals surface area contributed by atoms with E-state index in [1.54, 1.807) is 0 Å². The standard InChI is InChI=1S/C13H16ClN/c14-11-5-1-9(2-6-11)7-13(15)8-12(13)10-3-4-10/h1-2,5-6,10,12H,3-4,7-8,15H2. The van der Waals surface area contributed by atoms with E-state index >= 15 is 0 Å². The lowest BCUT2D eigenvalue weighted by Gasteiger charge is -2.11. The molecule has 3 rings (SSSR count). The monoisotopic (exact) mass is 221 g/mol. The minimum absolute atomic E-state index is 0.106. The summed E-state index contributed by atoms with van der Waals surface area (Å²) in [7, 11) is 0. The van der Waals surface area contributed by atoms with Crippen molar-refractivity contribution < 1.29 is 0 Å². The van der Waals surface area contributed by atoms with E-state index in [4.69, 9.17) is 17.3 Å². The van der Waals surface area contributed by atoms with E-state index in [2.05, 4.69) is 12.1 Å². The first-order chi connectivity index (χ1) is 7.17. The third-order valence-electron chi connectivity index (χ3n) is 3.82. The first-order valence-electron chi connectivity index (χ1n) is 5.71. The maximum absolute atomic E-state index is 6.37. The highest BCUT2D eigenvalue weighted by Gasteiger charge is 2.56. The zero-order valence-electron chi connectivity index (χ0n) is 8.75. The van der Waals surface area contributed by atoms with Crippen LogP contribution in [0.5, 0.6) is 0 Å². The van der Waals surface area contributed by atoms with E-state index in [0.717, 1.165) is 23.3 Å². The van der Waals surface area contributed by atoms with Gasteiger partial charge in [-0.3, -0.25) is 0 Å². The van der Waals surface area contributed by atoms with Crippen LogP contribution in [-0.2, 0) is 6.42 Å². The molecule has 2 atom stereocenters. The molecule has 80 valence electrons. The van der Waals surface area contributed by atoms with Gasteiger partial charge in [-0.05, 0) is 55.2 Å². The SMILES string of the molecule is NC1(Cc2ccc(Cl)cc2)CC1C1CC1. The summed E-state index contributed by atoms with van der Waals surface area (Å²) in [5.41, 5.74) is 7.80. The normalized spacial score (nSPS) is 34.1. The predicted molar refractivity (Wildman–Crippen MR) is 62.9 cm³/mol. The van der Waals surface area contributed by atoms with Gasteiger partial charge in [-0.1, -0.05) is 23.7 Å². The summed E-state index contributed by atoms with van der Waals surface area (Å²) in [6.07, 6.45) is 5.06. The zero-order valence-corrected chi connectivity index (χ0v) is 9.50. The Kier molecular flexibility index (Phi) is 2.08. The molecule has 0 spiro atoms. The largest absolute Gasteiger partial charge is 0.325 e. The minimum atomic E-state index is 0.106. The molecule has 0 heterocycles. The minimum Gasteiger partial charge on any atom is -0.325 e. The second-order valence-electron chi connectivity index (χ2n) is 5.18. The highest BCUT2D eigenvalue weighted by atomic mass is 35.5. The Hall–Kier alpha value is -0.530. The van der Waals surface area contributed by atoms with Gasteiger partial charge in [0, 0.05) is 10.6 Å². The molecule has 2 unspecified atom stereocenters. The Bertz CT molecular complexity index is 369. The first kappa shape index (κ1) is 9.68. The van der Waals surface area contributed by atoms with Crippen molar-refractivity contribution in [2.75, 3.05) is 0 Å². The van der Waals surface area contributed by atoms with Crippen LogP contribution in [0.2, 0.25) is 5.02 Å². The van der Waals surface area contributed by atoms with Crippen molar-refractivity contribution in [2.24, 2.45) is 17.6 Å². The molecule has 0 amide bonds. The summed E-state index contributed by atoms with van der Waals surface area (Å²) in [6.45, 7) is 0. The van der Waals surface area contributed by atoms with Crippen LogP contribution in [-0.4, -0.2) is 5.54 Å². The fraction of sp³-hybridized carbons (Fsp3) is 0.538. The van der Waals surface area contributed by atoms with Crippen molar-refractivity contribution in [1.82, 2.24) is 0 Å². The molecular formula is C13H16ClN. The topological polar surface area (TPSA) is 26.0 Å². The van der Waals surface area contributed by atoms with E-state index in [1.807, 2.05) is 12.1 Å². The lowest BCUT2D eigenvalue weighted by molar-refractivity contribution is 0.548. The third-order valence-corrected chi connectivity index (χ3v) is 4.07. The number of rotatable bonds is 3. The van der Waals surface area contributed by atoms with Crippen LogP contribution in [0.4, 0.5) is 0 Å². The molecule has 0 saturated heterocycles. The summed E-state index contributed by atoms with van der Waals surface area (Å²) in [5.74, 6) is 1.75. The van der Waals surface area contributed by atoms with E-state index in [-0.39, 0.29) is 5.54 Å². The molecule has 2 aliphatic rings. The molecule has 15 heavy (non-hydrogen) atoms. The molecule has 1 aromatic carbocycles. The van der Waals surface area contributed by atoms with Crippen molar-refractivity contribution in [3.8, 4) is 0 Å². The molecule has 2 fully saturated rings. The third kappa shape index (κ3) is 1.91. The van der Waals surface area contributed by atoms with Gasteiger partial charge in [-0.25, -0.2) is 0 Å². The Balaban J connectivity index is 1.68. The number of nitrogens with two attached hydrogens (primary N) is 1. The van der Waals surface area contributed by atoms with Gasteiger partial charge in [0.25, 0.3) is 0 Å². The molecule has 1 nitrogen and oxygen atoms in total. The lowest BCUT2D eigenvalue weighted by Crippen LogP contribution is -2.28. The van der Waals surface area contributed by atoms with Crippen LogP contribution in [0.3, 0.4) is 0 Å². The molecule has 2 N–H and O–H groups in total. The molecule has 1 aromatic rings. The molecular weight excluding hydrogens is 206 g/mol. The van der Waals surface area contributed by atoms with E-state index < -0.39 is 0 Å². The van der Waals surface area contributed by atoms with Crippen molar-refractivity contribution in [1.29, 1.82) is 0 Å². The molecule has 2 aliphatic carbocycles. The van der Waals surface area contributed by atoms with Crippen molar-refractivity contribution in [3.05, 3.63) is 34.9 Å². The second-order valence-corrected chi connectivity index (χ2v) is 5.62. The van der Waals surface area contributed by atoms with Gasteiger partial charge in [0.1, 0.15) is 0 Å². The van der Waals surface area contributed by atoms with Crippen molar-refractivity contribution in [3.63, 3.8) is 0 Å². The van der Waals surface area contributed by atoms with Gasteiger partial charge in [0.05, 0.1) is 0 Å². The summed E-state index contributed by atoms with van der Waals surface area (Å²) >= 11 is 5.86. The fourth-order valence-corrected chi connectivity index (χ4v) is 2.80. The van der Waals surface area contributed by atoms with Gasteiger partial charge in [-0.2, -0.15) is 0 Å². The molecule has 2 saturated carbocycles. The maximum atomic E-state index is 6.37. The number of halogens is 1. The maximum Gasteiger partial charge on any atom is 0.0406 e. The Morgan fingerprint density at radius 2 is 1.93 bits per heavy atom. The van der Waals surface area contributed by atoms with Crippen molar-refractivity contribution >= 4 is 11.6 Å². The van der Waals surface area contributed by atoms with Crippen LogP contribution in [0, 0.1) is 11.8 Å². The Morgan fingerprint density at radius 1 is 1.27 bits per heavy atom. The summed E-state index contributed by atoms with van der Waals surface area (Å²) in [6, 6.07) is 8.10.